The maximum atomic E-state index is 12.3. The highest BCUT2D eigenvalue weighted by molar-refractivity contribution is 8.00. The van der Waals surface area contributed by atoms with Gasteiger partial charge in [0, 0.05) is 17.5 Å². The molecule has 0 aliphatic heterocycles. The highest BCUT2D eigenvalue weighted by Crippen LogP contribution is 2.37. The molecule has 116 valence electrons. The molecule has 1 fully saturated rings. The Morgan fingerprint density at radius 3 is 2.71 bits per heavy atom. The molecule has 1 saturated carbocycles. The van der Waals surface area contributed by atoms with Crippen molar-refractivity contribution in [3.63, 3.8) is 0 Å². The fourth-order valence-corrected chi connectivity index (χ4v) is 3.80. The predicted octanol–water partition coefficient (Wildman–Crippen LogP) is 2.37. The lowest BCUT2D eigenvalue weighted by atomic mass is 9.88. The van der Waals surface area contributed by atoms with Crippen LogP contribution in [0.15, 0.2) is 18.3 Å². The zero-order valence-electron chi connectivity index (χ0n) is 12.3. The van der Waals surface area contributed by atoms with Crippen molar-refractivity contribution >= 4 is 23.6 Å². The van der Waals surface area contributed by atoms with Gasteiger partial charge in [-0.15, -0.1) is 0 Å². The average molecular weight is 310 g/mol. The van der Waals surface area contributed by atoms with Gasteiger partial charge in [-0.1, -0.05) is 19.3 Å². The number of carbonyl (C=O) groups excluding carboxylic acids is 1. The Hall–Kier alpha value is -1.43. The monoisotopic (exact) mass is 310 g/mol. The van der Waals surface area contributed by atoms with Crippen molar-refractivity contribution in [2.24, 2.45) is 0 Å². The second-order valence-corrected chi connectivity index (χ2v) is 6.82. The van der Waals surface area contributed by atoms with Crippen LogP contribution in [0.2, 0.25) is 0 Å². The quantitative estimate of drug-likeness (QED) is 0.846. The molecule has 0 bridgehead atoms. The van der Waals surface area contributed by atoms with Gasteiger partial charge in [-0.2, -0.15) is 11.8 Å². The van der Waals surface area contributed by atoms with Crippen molar-refractivity contribution in [2.75, 3.05) is 12.8 Å². The highest BCUT2D eigenvalue weighted by Gasteiger charge is 2.31. The maximum Gasteiger partial charge on any atom is 0.323 e. The lowest BCUT2D eigenvalue weighted by Crippen LogP contribution is -2.42. The van der Waals surface area contributed by atoms with Crippen LogP contribution >= 0.6 is 11.8 Å². The zero-order valence-corrected chi connectivity index (χ0v) is 13.1. The Labute approximate surface area is 129 Å². The predicted molar refractivity (Wildman–Crippen MR) is 83.7 cm³/mol. The van der Waals surface area contributed by atoms with Crippen molar-refractivity contribution in [3.8, 4) is 0 Å². The zero-order chi connectivity index (χ0) is 15.3. The first-order valence-corrected chi connectivity index (χ1v) is 8.49. The lowest BCUT2D eigenvalue weighted by molar-refractivity contribution is -0.137. The van der Waals surface area contributed by atoms with Gasteiger partial charge in [0.25, 0.3) is 5.91 Å². The van der Waals surface area contributed by atoms with Crippen LogP contribution in [0.25, 0.3) is 0 Å². The molecule has 0 spiro atoms. The Morgan fingerprint density at radius 2 is 2.10 bits per heavy atom. The molecule has 1 aliphatic carbocycles. The number of aliphatic carboxylic acids is 1. The van der Waals surface area contributed by atoms with Crippen LogP contribution in [0.3, 0.4) is 0 Å². The number of carbonyl (C=O) groups is 2. The van der Waals surface area contributed by atoms with Crippen LogP contribution in [-0.2, 0) is 11.3 Å². The topological polar surface area (TPSA) is 71.3 Å². The van der Waals surface area contributed by atoms with E-state index in [0.717, 1.165) is 12.8 Å². The Bertz CT molecular complexity index is 507. The second kappa shape index (κ2) is 7.02. The third kappa shape index (κ3) is 4.03. The molecule has 1 aromatic rings. The van der Waals surface area contributed by atoms with E-state index in [2.05, 4.69) is 11.6 Å². The van der Waals surface area contributed by atoms with Gasteiger partial charge in [0.15, 0.2) is 0 Å². The van der Waals surface area contributed by atoms with E-state index in [1.807, 2.05) is 11.8 Å². The van der Waals surface area contributed by atoms with E-state index in [1.165, 1.54) is 23.8 Å². The summed E-state index contributed by atoms with van der Waals surface area (Å²) in [5.74, 6) is -1.15. The molecule has 1 amide bonds. The van der Waals surface area contributed by atoms with Gasteiger partial charge in [0.05, 0.1) is 0 Å². The van der Waals surface area contributed by atoms with Crippen LogP contribution in [0, 0.1) is 0 Å². The molecule has 1 heterocycles. The van der Waals surface area contributed by atoms with E-state index in [1.54, 1.807) is 18.3 Å². The first-order valence-electron chi connectivity index (χ1n) is 7.27. The number of amides is 1. The molecule has 1 aliphatic rings. The first kappa shape index (κ1) is 15.9. The van der Waals surface area contributed by atoms with Crippen LogP contribution in [0.1, 0.15) is 42.6 Å². The van der Waals surface area contributed by atoms with Crippen LogP contribution in [-0.4, -0.2) is 39.1 Å². The lowest BCUT2D eigenvalue weighted by Gasteiger charge is -2.35. The van der Waals surface area contributed by atoms with Gasteiger partial charge in [-0.25, -0.2) is 0 Å². The Kier molecular flexibility index (Phi) is 5.33. The molecule has 0 atom stereocenters. The number of carboxylic acids is 1. The van der Waals surface area contributed by atoms with Crippen molar-refractivity contribution in [2.45, 2.75) is 43.4 Å². The molecule has 0 aromatic carbocycles. The summed E-state index contributed by atoms with van der Waals surface area (Å²) in [5.41, 5.74) is 0.407. The molecule has 0 radical (unpaired) electrons. The van der Waals surface area contributed by atoms with Crippen molar-refractivity contribution in [1.29, 1.82) is 0 Å². The van der Waals surface area contributed by atoms with Crippen LogP contribution in [0.4, 0.5) is 0 Å². The van der Waals surface area contributed by atoms with E-state index >= 15 is 0 Å². The van der Waals surface area contributed by atoms with Crippen molar-refractivity contribution in [1.82, 2.24) is 9.88 Å². The highest BCUT2D eigenvalue weighted by atomic mass is 32.2. The fraction of sp³-hybridized carbons (Fsp3) is 0.600. The SMILES string of the molecule is CSC1(CNC(=O)c2cccn2CC(=O)O)CCCCC1. The van der Waals surface area contributed by atoms with Crippen molar-refractivity contribution in [3.05, 3.63) is 24.0 Å². The van der Waals surface area contributed by atoms with E-state index in [4.69, 9.17) is 5.11 Å². The molecule has 5 nitrogen and oxygen atoms in total. The largest absolute Gasteiger partial charge is 0.480 e. The summed E-state index contributed by atoms with van der Waals surface area (Å²) in [6.45, 7) is 0.453. The maximum absolute atomic E-state index is 12.3. The number of thioether (sulfide) groups is 1. The minimum absolute atomic E-state index is 0.137. The second-order valence-electron chi connectivity index (χ2n) is 5.55. The molecule has 6 heteroatoms. The first-order chi connectivity index (χ1) is 10.1. The average Bonchev–Trinajstić information content (AvgIpc) is 2.93. The summed E-state index contributed by atoms with van der Waals surface area (Å²) in [7, 11) is 0. The van der Waals surface area contributed by atoms with E-state index in [0.29, 0.717) is 12.2 Å². The van der Waals surface area contributed by atoms with Gasteiger partial charge in [-0.05, 0) is 31.2 Å². The Morgan fingerprint density at radius 1 is 1.38 bits per heavy atom. The molecular formula is C15H22N2O3S. The molecule has 0 unspecified atom stereocenters. The summed E-state index contributed by atoms with van der Waals surface area (Å²) >= 11 is 1.83. The van der Waals surface area contributed by atoms with Gasteiger partial charge >= 0.3 is 5.97 Å². The minimum atomic E-state index is -0.951. The number of carboxylic acid groups (broad SMARTS) is 1. The molecule has 21 heavy (non-hydrogen) atoms. The van der Waals surface area contributed by atoms with Gasteiger partial charge < -0.3 is 15.0 Å². The molecule has 1 aromatic heterocycles. The van der Waals surface area contributed by atoms with E-state index < -0.39 is 5.97 Å². The normalized spacial score (nSPS) is 17.4. The summed E-state index contributed by atoms with van der Waals surface area (Å²) in [6, 6.07) is 3.35. The number of aromatic nitrogens is 1. The van der Waals surface area contributed by atoms with Crippen molar-refractivity contribution < 1.29 is 14.7 Å². The summed E-state index contributed by atoms with van der Waals surface area (Å²) in [5, 5.41) is 11.8. The summed E-state index contributed by atoms with van der Waals surface area (Å²) in [6.07, 6.45) is 9.68. The summed E-state index contributed by atoms with van der Waals surface area (Å²) < 4.78 is 1.60. The van der Waals surface area contributed by atoms with Crippen LogP contribution in [0.5, 0.6) is 0 Å². The summed E-state index contributed by atoms with van der Waals surface area (Å²) in [4.78, 5) is 23.1. The van der Waals surface area contributed by atoms with Crippen LogP contribution < -0.4 is 5.32 Å². The van der Waals surface area contributed by atoms with E-state index in [9.17, 15) is 9.59 Å². The smallest absolute Gasteiger partial charge is 0.323 e. The number of nitrogens with zero attached hydrogens (tertiary/aromatic N) is 1. The number of rotatable bonds is 6. The van der Waals surface area contributed by atoms with E-state index in [-0.39, 0.29) is 17.2 Å². The number of hydrogen-bond donors (Lipinski definition) is 2. The fourth-order valence-electron chi connectivity index (χ4n) is 2.88. The molecular weight excluding hydrogens is 288 g/mol. The third-order valence-corrected chi connectivity index (χ3v) is 5.56. The number of nitrogens with one attached hydrogen (secondary N) is 1. The number of hydrogen-bond acceptors (Lipinski definition) is 3. The van der Waals surface area contributed by atoms with Gasteiger partial charge in [0.2, 0.25) is 0 Å². The molecule has 2 N–H and O–H groups in total. The minimum Gasteiger partial charge on any atom is -0.480 e. The standard InChI is InChI=1S/C15H22N2O3S/c1-21-15(7-3-2-4-8-15)11-16-14(20)12-6-5-9-17(12)10-13(18)19/h5-6,9H,2-4,7-8,10-11H2,1H3,(H,16,20)(H,18,19). The Balaban J connectivity index is 1.98. The molecule has 0 saturated heterocycles. The molecule has 2 rings (SSSR count). The van der Waals surface area contributed by atoms with Gasteiger partial charge in [-0.3, -0.25) is 9.59 Å². The van der Waals surface area contributed by atoms with Gasteiger partial charge in [0.1, 0.15) is 12.2 Å². The third-order valence-electron chi connectivity index (χ3n) is 4.14.